The zero-order valence-electron chi connectivity index (χ0n) is 4.72. The molecule has 0 spiro atoms. The molecule has 0 saturated heterocycles. The minimum Gasteiger partial charge on any atom is -0.396 e. The van der Waals surface area contributed by atoms with Crippen molar-refractivity contribution in [2.75, 3.05) is 13.2 Å². The van der Waals surface area contributed by atoms with E-state index in [9.17, 15) is 8.78 Å². The maximum atomic E-state index is 12.1. The van der Waals surface area contributed by atoms with Gasteiger partial charge in [0.2, 0.25) is 0 Å². The zero-order valence-corrected chi connectivity index (χ0v) is 4.72. The van der Waals surface area contributed by atoms with Gasteiger partial charge in [0.05, 0.1) is 25.0 Å². The molecule has 4 heteroatoms. The van der Waals surface area contributed by atoms with Gasteiger partial charge in [0, 0.05) is 0 Å². The van der Waals surface area contributed by atoms with E-state index in [4.69, 9.17) is 10.2 Å². The number of rotatable bonds is 2. The van der Waals surface area contributed by atoms with Crippen LogP contribution in [0.4, 0.5) is 8.78 Å². The van der Waals surface area contributed by atoms with Gasteiger partial charge in [-0.05, 0) is 0 Å². The molecule has 54 valence electrons. The van der Waals surface area contributed by atoms with Crippen LogP contribution in [0.1, 0.15) is 0 Å². The summed E-state index contributed by atoms with van der Waals surface area (Å²) in [4.78, 5) is 0. The fraction of sp³-hybridized carbons (Fsp3) is 1.00. The van der Waals surface area contributed by atoms with Gasteiger partial charge in [-0.3, -0.25) is 0 Å². The molecule has 0 heterocycles. The molecule has 1 fully saturated rings. The third-order valence-electron chi connectivity index (χ3n) is 1.76. The van der Waals surface area contributed by atoms with E-state index in [1.807, 2.05) is 0 Å². The molecule has 2 nitrogen and oxygen atoms in total. The first-order chi connectivity index (χ1) is 4.14. The van der Waals surface area contributed by atoms with Gasteiger partial charge in [-0.15, -0.1) is 0 Å². The van der Waals surface area contributed by atoms with Crippen molar-refractivity contribution in [3.8, 4) is 0 Å². The molecule has 2 unspecified atom stereocenters. The molecule has 1 aliphatic rings. The lowest BCUT2D eigenvalue weighted by molar-refractivity contribution is 0.0639. The highest BCUT2D eigenvalue weighted by Crippen LogP contribution is 2.54. The summed E-state index contributed by atoms with van der Waals surface area (Å²) in [5.41, 5.74) is 0. The van der Waals surface area contributed by atoms with Crippen LogP contribution < -0.4 is 0 Å². The molecule has 0 aromatic carbocycles. The normalized spacial score (nSPS) is 38.7. The summed E-state index contributed by atoms with van der Waals surface area (Å²) in [6.45, 7) is -1.06. The van der Waals surface area contributed by atoms with Crippen molar-refractivity contribution in [3.05, 3.63) is 0 Å². The Kier molecular flexibility index (Phi) is 1.44. The van der Waals surface area contributed by atoms with Crippen LogP contribution in [0.15, 0.2) is 0 Å². The lowest BCUT2D eigenvalue weighted by Gasteiger charge is -1.87. The first kappa shape index (κ1) is 6.89. The second-order valence-electron chi connectivity index (χ2n) is 2.25. The largest absolute Gasteiger partial charge is 0.396 e. The molecule has 0 bridgehead atoms. The number of alkyl halides is 2. The predicted octanol–water partition coefficient (Wildman–Crippen LogP) is -0.148. The van der Waals surface area contributed by atoms with E-state index >= 15 is 0 Å². The minimum atomic E-state index is -2.82. The van der Waals surface area contributed by atoms with Crippen LogP contribution >= 0.6 is 0 Å². The Morgan fingerprint density at radius 2 is 1.44 bits per heavy atom. The smallest absolute Gasteiger partial charge is 0.259 e. The van der Waals surface area contributed by atoms with E-state index < -0.39 is 31.0 Å². The Morgan fingerprint density at radius 3 is 1.56 bits per heavy atom. The zero-order chi connectivity index (χ0) is 7.07. The van der Waals surface area contributed by atoms with Crippen molar-refractivity contribution in [1.29, 1.82) is 0 Å². The average Bonchev–Trinajstić information content (AvgIpc) is 2.32. The first-order valence-electron chi connectivity index (χ1n) is 2.74. The second-order valence-corrected chi connectivity index (χ2v) is 2.25. The van der Waals surface area contributed by atoms with Crippen LogP contribution in [0.25, 0.3) is 0 Å². The minimum absolute atomic E-state index is 0.530. The Bertz CT molecular complexity index is 104. The van der Waals surface area contributed by atoms with E-state index in [0.29, 0.717) is 0 Å². The average molecular weight is 138 g/mol. The van der Waals surface area contributed by atoms with Crippen LogP contribution in [0.5, 0.6) is 0 Å². The molecule has 1 rings (SSSR count). The third kappa shape index (κ3) is 0.822. The standard InChI is InChI=1S/C5H8F2O2/c6-5(7)3(1-8)4(5)2-9/h3-4,8-9H,1-2H2. The highest BCUT2D eigenvalue weighted by molar-refractivity contribution is 5.04. The van der Waals surface area contributed by atoms with Gasteiger partial charge in [0.25, 0.3) is 5.92 Å². The predicted molar refractivity (Wildman–Crippen MR) is 26.1 cm³/mol. The summed E-state index contributed by atoms with van der Waals surface area (Å²) in [5, 5.41) is 16.5. The molecule has 0 radical (unpaired) electrons. The van der Waals surface area contributed by atoms with Gasteiger partial charge in [0.1, 0.15) is 0 Å². The van der Waals surface area contributed by atoms with Crippen molar-refractivity contribution in [2.24, 2.45) is 11.8 Å². The van der Waals surface area contributed by atoms with E-state index in [-0.39, 0.29) is 0 Å². The topological polar surface area (TPSA) is 40.5 Å². The molecule has 9 heavy (non-hydrogen) atoms. The number of aliphatic hydroxyl groups is 2. The summed E-state index contributed by atoms with van der Waals surface area (Å²) in [7, 11) is 0. The highest BCUT2D eigenvalue weighted by Gasteiger charge is 2.67. The Morgan fingerprint density at radius 1 is 1.11 bits per heavy atom. The summed E-state index contributed by atoms with van der Waals surface area (Å²) < 4.78 is 24.3. The lowest BCUT2D eigenvalue weighted by Crippen LogP contribution is -1.98. The number of hydrogen-bond acceptors (Lipinski definition) is 2. The van der Waals surface area contributed by atoms with Crippen LogP contribution in [0, 0.1) is 11.8 Å². The Labute approximate surface area is 51.1 Å². The van der Waals surface area contributed by atoms with Crippen LogP contribution in [-0.4, -0.2) is 29.3 Å². The second kappa shape index (κ2) is 1.88. The van der Waals surface area contributed by atoms with Gasteiger partial charge in [-0.2, -0.15) is 0 Å². The highest BCUT2D eigenvalue weighted by atomic mass is 19.3. The van der Waals surface area contributed by atoms with Crippen molar-refractivity contribution in [2.45, 2.75) is 5.92 Å². The molecule has 1 aliphatic carbocycles. The first-order valence-corrected chi connectivity index (χ1v) is 2.74. The van der Waals surface area contributed by atoms with E-state index in [0.717, 1.165) is 0 Å². The van der Waals surface area contributed by atoms with Gasteiger partial charge < -0.3 is 10.2 Å². The maximum Gasteiger partial charge on any atom is 0.259 e. The Balaban J connectivity index is 2.45. The van der Waals surface area contributed by atoms with Gasteiger partial charge >= 0.3 is 0 Å². The summed E-state index contributed by atoms with van der Waals surface area (Å²) in [6.07, 6.45) is 0. The van der Waals surface area contributed by atoms with Crippen LogP contribution in [-0.2, 0) is 0 Å². The summed E-state index contributed by atoms with van der Waals surface area (Å²) in [5.74, 6) is -4.81. The quantitative estimate of drug-likeness (QED) is 0.557. The fourth-order valence-electron chi connectivity index (χ4n) is 0.958. The molecule has 0 aliphatic heterocycles. The molecule has 0 aromatic heterocycles. The summed E-state index contributed by atoms with van der Waals surface area (Å²) >= 11 is 0. The fourth-order valence-corrected chi connectivity index (χ4v) is 0.958. The van der Waals surface area contributed by atoms with E-state index in [1.165, 1.54) is 0 Å². The SMILES string of the molecule is OCC1C(CO)C1(F)F. The number of halogens is 2. The Hall–Kier alpha value is -0.220. The number of aliphatic hydroxyl groups excluding tert-OH is 2. The van der Waals surface area contributed by atoms with Crippen molar-refractivity contribution >= 4 is 0 Å². The maximum absolute atomic E-state index is 12.1. The molecular weight excluding hydrogens is 130 g/mol. The van der Waals surface area contributed by atoms with Crippen molar-refractivity contribution in [3.63, 3.8) is 0 Å². The number of hydrogen-bond donors (Lipinski definition) is 2. The van der Waals surface area contributed by atoms with E-state index in [2.05, 4.69) is 0 Å². The molecule has 2 atom stereocenters. The molecule has 0 amide bonds. The van der Waals surface area contributed by atoms with E-state index in [1.54, 1.807) is 0 Å². The molecule has 2 N–H and O–H groups in total. The van der Waals surface area contributed by atoms with Crippen LogP contribution in [0.2, 0.25) is 0 Å². The summed E-state index contributed by atoms with van der Waals surface area (Å²) in [6, 6.07) is 0. The third-order valence-corrected chi connectivity index (χ3v) is 1.76. The van der Waals surface area contributed by atoms with Crippen LogP contribution in [0.3, 0.4) is 0 Å². The van der Waals surface area contributed by atoms with Gasteiger partial charge in [-0.1, -0.05) is 0 Å². The molecule has 1 saturated carbocycles. The molecular formula is C5H8F2O2. The van der Waals surface area contributed by atoms with Gasteiger partial charge in [0.15, 0.2) is 0 Å². The molecule has 0 aromatic rings. The monoisotopic (exact) mass is 138 g/mol. The van der Waals surface area contributed by atoms with Gasteiger partial charge in [-0.25, -0.2) is 8.78 Å². The van der Waals surface area contributed by atoms with Crippen molar-refractivity contribution in [1.82, 2.24) is 0 Å². The van der Waals surface area contributed by atoms with Crippen molar-refractivity contribution < 1.29 is 19.0 Å². The lowest BCUT2D eigenvalue weighted by atomic mass is 10.3.